The first-order valence-electron chi connectivity index (χ1n) is 10.1. The van der Waals surface area contributed by atoms with Crippen molar-refractivity contribution in [3.63, 3.8) is 0 Å². The van der Waals surface area contributed by atoms with Crippen LogP contribution in [0.25, 0.3) is 0 Å². The van der Waals surface area contributed by atoms with E-state index >= 15 is 0 Å². The van der Waals surface area contributed by atoms with Crippen LogP contribution in [0.3, 0.4) is 0 Å². The van der Waals surface area contributed by atoms with Gasteiger partial charge in [0.2, 0.25) is 5.91 Å². The van der Waals surface area contributed by atoms with Gasteiger partial charge in [-0.1, -0.05) is 0 Å². The fourth-order valence-electron chi connectivity index (χ4n) is 6.32. The van der Waals surface area contributed by atoms with Crippen molar-refractivity contribution in [2.75, 3.05) is 6.54 Å². The summed E-state index contributed by atoms with van der Waals surface area (Å²) in [5, 5.41) is 7.35. The van der Waals surface area contributed by atoms with E-state index in [0.29, 0.717) is 18.2 Å². The number of hydrogen-bond donors (Lipinski definition) is 1. The van der Waals surface area contributed by atoms with E-state index in [9.17, 15) is 13.6 Å². The van der Waals surface area contributed by atoms with Crippen molar-refractivity contribution in [3.05, 3.63) is 17.5 Å². The molecule has 4 nitrogen and oxygen atoms in total. The van der Waals surface area contributed by atoms with Crippen LogP contribution in [0.5, 0.6) is 0 Å². The molecule has 0 unspecified atom stereocenters. The molecule has 5 aliphatic carbocycles. The Bertz CT molecular complexity index is 675. The molecule has 1 aromatic heterocycles. The van der Waals surface area contributed by atoms with Crippen LogP contribution in [-0.2, 0) is 11.3 Å². The standard InChI is InChI=1S/C20H27F2N3O/c21-19(22)17-6-16(15-1-2-15)24-25(17)10-18(26)23-11-20-7-12-3-13(8-20)5-14(4-12)9-20/h6,12-15,19H,1-5,7-11H2,(H,23,26). The Kier molecular flexibility index (Phi) is 3.87. The molecule has 142 valence electrons. The minimum Gasteiger partial charge on any atom is -0.354 e. The molecule has 0 aromatic carbocycles. The van der Waals surface area contributed by atoms with Crippen LogP contribution in [0.4, 0.5) is 8.78 Å². The first-order chi connectivity index (χ1) is 12.5. The molecule has 5 aliphatic rings. The van der Waals surface area contributed by atoms with E-state index in [2.05, 4.69) is 10.4 Å². The van der Waals surface area contributed by atoms with Gasteiger partial charge in [-0.3, -0.25) is 9.48 Å². The highest BCUT2D eigenvalue weighted by molar-refractivity contribution is 5.75. The quantitative estimate of drug-likeness (QED) is 0.829. The molecule has 4 bridgehead atoms. The predicted octanol–water partition coefficient (Wildman–Crippen LogP) is 4.03. The zero-order valence-electron chi connectivity index (χ0n) is 15.1. The maximum atomic E-state index is 13.3. The normalized spacial score (nSPS) is 35.3. The maximum Gasteiger partial charge on any atom is 0.280 e. The largest absolute Gasteiger partial charge is 0.354 e. The molecule has 0 atom stereocenters. The van der Waals surface area contributed by atoms with Gasteiger partial charge in [-0.15, -0.1) is 0 Å². The molecule has 5 saturated carbocycles. The number of rotatable bonds is 6. The van der Waals surface area contributed by atoms with Crippen molar-refractivity contribution in [2.24, 2.45) is 23.2 Å². The molecule has 0 aliphatic heterocycles. The van der Waals surface area contributed by atoms with Gasteiger partial charge in [0.05, 0.1) is 5.69 Å². The van der Waals surface area contributed by atoms with E-state index in [-0.39, 0.29) is 23.6 Å². The molecular formula is C20H27F2N3O. The Balaban J connectivity index is 1.23. The second-order valence-corrected chi connectivity index (χ2v) is 9.42. The predicted molar refractivity (Wildman–Crippen MR) is 92.8 cm³/mol. The maximum absolute atomic E-state index is 13.3. The molecule has 1 aromatic rings. The van der Waals surface area contributed by atoms with Gasteiger partial charge in [0.1, 0.15) is 12.2 Å². The SMILES string of the molecule is O=C(Cn1nc(C2CC2)cc1C(F)F)NCC12CC3CC(CC(C3)C1)C2. The topological polar surface area (TPSA) is 46.9 Å². The van der Waals surface area contributed by atoms with Gasteiger partial charge in [0.15, 0.2) is 0 Å². The number of hydrogen-bond acceptors (Lipinski definition) is 2. The number of alkyl halides is 2. The number of carbonyl (C=O) groups excluding carboxylic acids is 1. The molecule has 0 radical (unpaired) electrons. The number of carbonyl (C=O) groups is 1. The van der Waals surface area contributed by atoms with Crippen molar-refractivity contribution in [1.29, 1.82) is 0 Å². The highest BCUT2D eigenvalue weighted by atomic mass is 19.3. The average molecular weight is 363 g/mol. The van der Waals surface area contributed by atoms with Gasteiger partial charge in [-0.2, -0.15) is 5.10 Å². The second kappa shape index (κ2) is 6.03. The lowest BCUT2D eigenvalue weighted by Crippen LogP contribution is -2.51. The molecule has 1 amide bonds. The zero-order valence-corrected chi connectivity index (χ0v) is 15.1. The number of nitrogens with one attached hydrogen (secondary N) is 1. The summed E-state index contributed by atoms with van der Waals surface area (Å²) in [6.07, 6.45) is 7.26. The number of nitrogens with zero attached hydrogens (tertiary/aromatic N) is 2. The van der Waals surface area contributed by atoms with Gasteiger partial charge >= 0.3 is 0 Å². The van der Waals surface area contributed by atoms with Crippen LogP contribution in [0, 0.1) is 23.2 Å². The molecule has 6 heteroatoms. The summed E-state index contributed by atoms with van der Waals surface area (Å²) in [6.45, 7) is 0.606. The Morgan fingerprint density at radius 3 is 2.35 bits per heavy atom. The summed E-state index contributed by atoms with van der Waals surface area (Å²) in [6, 6.07) is 1.48. The molecule has 0 saturated heterocycles. The fourth-order valence-corrected chi connectivity index (χ4v) is 6.32. The van der Waals surface area contributed by atoms with Crippen molar-refractivity contribution >= 4 is 5.91 Å². The van der Waals surface area contributed by atoms with Crippen molar-refractivity contribution < 1.29 is 13.6 Å². The van der Waals surface area contributed by atoms with E-state index < -0.39 is 6.43 Å². The Hall–Kier alpha value is -1.46. The molecule has 6 rings (SSSR count). The molecule has 26 heavy (non-hydrogen) atoms. The van der Waals surface area contributed by atoms with Gasteiger partial charge in [-0.05, 0) is 80.6 Å². The third-order valence-corrected chi connectivity index (χ3v) is 7.17. The molecule has 0 spiro atoms. The highest BCUT2D eigenvalue weighted by Gasteiger charge is 2.50. The van der Waals surface area contributed by atoms with Crippen LogP contribution >= 0.6 is 0 Å². The summed E-state index contributed by atoms with van der Waals surface area (Å²) in [5.41, 5.74) is 0.852. The summed E-state index contributed by atoms with van der Waals surface area (Å²) in [7, 11) is 0. The molecular weight excluding hydrogens is 336 g/mol. The monoisotopic (exact) mass is 363 g/mol. The summed E-state index contributed by atoms with van der Waals surface area (Å²) >= 11 is 0. The minimum atomic E-state index is -2.59. The van der Waals surface area contributed by atoms with E-state index in [1.54, 1.807) is 0 Å². The summed E-state index contributed by atoms with van der Waals surface area (Å²) in [5.74, 6) is 2.65. The molecule has 1 heterocycles. The lowest BCUT2D eigenvalue weighted by Gasteiger charge is -2.56. The van der Waals surface area contributed by atoms with Gasteiger partial charge in [-0.25, -0.2) is 8.78 Å². The third-order valence-electron chi connectivity index (χ3n) is 7.17. The van der Waals surface area contributed by atoms with Crippen LogP contribution in [0.2, 0.25) is 0 Å². The Labute approximate surface area is 152 Å². The lowest BCUT2D eigenvalue weighted by atomic mass is 9.49. The highest BCUT2D eigenvalue weighted by Crippen LogP contribution is 2.59. The summed E-state index contributed by atoms with van der Waals surface area (Å²) < 4.78 is 27.8. The third kappa shape index (κ3) is 3.05. The minimum absolute atomic E-state index is 0.0985. The number of amides is 1. The first-order valence-corrected chi connectivity index (χ1v) is 10.1. The van der Waals surface area contributed by atoms with Gasteiger partial charge in [0, 0.05) is 12.5 Å². The fraction of sp³-hybridized carbons (Fsp3) is 0.800. The van der Waals surface area contributed by atoms with E-state index in [4.69, 9.17) is 0 Å². The van der Waals surface area contributed by atoms with Crippen LogP contribution in [0.15, 0.2) is 6.07 Å². The van der Waals surface area contributed by atoms with Crippen molar-refractivity contribution in [2.45, 2.75) is 70.3 Å². The lowest BCUT2D eigenvalue weighted by molar-refractivity contribution is -0.124. The van der Waals surface area contributed by atoms with Gasteiger partial charge < -0.3 is 5.32 Å². The molecule has 1 N–H and O–H groups in total. The van der Waals surface area contributed by atoms with Gasteiger partial charge in [0.25, 0.3) is 6.43 Å². The van der Waals surface area contributed by atoms with E-state index in [1.165, 1.54) is 49.3 Å². The van der Waals surface area contributed by atoms with E-state index in [1.807, 2.05) is 0 Å². The average Bonchev–Trinajstić information content (AvgIpc) is 3.33. The van der Waals surface area contributed by atoms with Crippen molar-refractivity contribution in [3.8, 4) is 0 Å². The number of halogens is 2. The number of aromatic nitrogens is 2. The molecule has 5 fully saturated rings. The van der Waals surface area contributed by atoms with E-state index in [0.717, 1.165) is 30.6 Å². The first kappa shape index (κ1) is 16.7. The van der Waals surface area contributed by atoms with Crippen LogP contribution in [-0.4, -0.2) is 22.2 Å². The summed E-state index contributed by atoms with van der Waals surface area (Å²) in [4.78, 5) is 12.5. The second-order valence-electron chi connectivity index (χ2n) is 9.42. The Morgan fingerprint density at radius 2 is 1.81 bits per heavy atom. The smallest absolute Gasteiger partial charge is 0.280 e. The van der Waals surface area contributed by atoms with Crippen LogP contribution < -0.4 is 5.32 Å². The Morgan fingerprint density at radius 1 is 1.19 bits per heavy atom. The van der Waals surface area contributed by atoms with Crippen LogP contribution in [0.1, 0.15) is 75.1 Å². The zero-order chi connectivity index (χ0) is 17.9. The van der Waals surface area contributed by atoms with Crippen molar-refractivity contribution in [1.82, 2.24) is 15.1 Å².